The van der Waals surface area contributed by atoms with Crippen molar-refractivity contribution in [1.82, 2.24) is 19.8 Å². The minimum absolute atomic E-state index is 0.0159. The monoisotopic (exact) mass is 314 g/mol. The number of hydrogen-bond acceptors (Lipinski definition) is 3. The van der Waals surface area contributed by atoms with Crippen molar-refractivity contribution < 1.29 is 9.59 Å². The van der Waals surface area contributed by atoms with Gasteiger partial charge in [-0.2, -0.15) is 0 Å². The molecule has 6 nitrogen and oxygen atoms in total. The number of fused-ring (bicyclic) bond motifs is 1. The molecule has 1 aromatic carbocycles. The molecule has 2 aromatic rings. The van der Waals surface area contributed by atoms with Crippen LogP contribution in [0.2, 0.25) is 0 Å². The van der Waals surface area contributed by atoms with E-state index in [9.17, 15) is 9.59 Å². The molecule has 0 radical (unpaired) electrons. The highest BCUT2D eigenvalue weighted by atomic mass is 16.2. The Kier molecular flexibility index (Phi) is 4.60. The Morgan fingerprint density at radius 1 is 1.17 bits per heavy atom. The molecule has 1 fully saturated rings. The average molecular weight is 314 g/mol. The predicted molar refractivity (Wildman–Crippen MR) is 88.1 cm³/mol. The summed E-state index contributed by atoms with van der Waals surface area (Å²) in [6.45, 7) is 4.52. The molecule has 0 spiro atoms. The summed E-state index contributed by atoms with van der Waals surface area (Å²) in [5, 5.41) is 0. The molecule has 122 valence electrons. The van der Waals surface area contributed by atoms with E-state index < -0.39 is 0 Å². The first-order chi connectivity index (χ1) is 11.2. The summed E-state index contributed by atoms with van der Waals surface area (Å²) in [6.07, 6.45) is 4.20. The Morgan fingerprint density at radius 3 is 2.65 bits per heavy atom. The van der Waals surface area contributed by atoms with Crippen LogP contribution >= 0.6 is 0 Å². The predicted octanol–water partition coefficient (Wildman–Crippen LogP) is 2.04. The van der Waals surface area contributed by atoms with Gasteiger partial charge in [0.25, 0.3) is 5.91 Å². The third kappa shape index (κ3) is 3.36. The summed E-state index contributed by atoms with van der Waals surface area (Å²) in [4.78, 5) is 35.5. The fraction of sp³-hybridized carbons (Fsp3) is 0.471. The molecule has 23 heavy (non-hydrogen) atoms. The number of nitrogens with one attached hydrogen (secondary N) is 1. The third-order valence-electron chi connectivity index (χ3n) is 4.33. The van der Waals surface area contributed by atoms with Crippen molar-refractivity contribution in [1.29, 1.82) is 0 Å². The maximum Gasteiger partial charge on any atom is 0.254 e. The van der Waals surface area contributed by atoms with Gasteiger partial charge in [-0.3, -0.25) is 9.59 Å². The van der Waals surface area contributed by atoms with E-state index in [1.54, 1.807) is 6.33 Å². The van der Waals surface area contributed by atoms with Gasteiger partial charge in [0.1, 0.15) is 0 Å². The Hall–Kier alpha value is -2.37. The van der Waals surface area contributed by atoms with Gasteiger partial charge in [0, 0.05) is 38.2 Å². The second kappa shape index (κ2) is 6.81. The highest BCUT2D eigenvalue weighted by Gasteiger charge is 2.24. The van der Waals surface area contributed by atoms with E-state index >= 15 is 0 Å². The average Bonchev–Trinajstić information content (AvgIpc) is 3.06. The first-order valence-electron chi connectivity index (χ1n) is 8.19. The van der Waals surface area contributed by atoms with Crippen LogP contribution < -0.4 is 0 Å². The zero-order valence-electron chi connectivity index (χ0n) is 13.4. The van der Waals surface area contributed by atoms with Gasteiger partial charge >= 0.3 is 0 Å². The lowest BCUT2D eigenvalue weighted by molar-refractivity contribution is -0.132. The van der Waals surface area contributed by atoms with Crippen LogP contribution in [0.25, 0.3) is 11.0 Å². The van der Waals surface area contributed by atoms with Crippen LogP contribution in [-0.2, 0) is 4.79 Å². The van der Waals surface area contributed by atoms with Crippen LogP contribution in [0.1, 0.15) is 36.5 Å². The van der Waals surface area contributed by atoms with Crippen molar-refractivity contribution in [3.05, 3.63) is 30.1 Å². The lowest BCUT2D eigenvalue weighted by Crippen LogP contribution is -2.50. The third-order valence-corrected chi connectivity index (χ3v) is 4.33. The molecular weight excluding hydrogens is 292 g/mol. The molecule has 2 heterocycles. The minimum atomic E-state index is 0.0159. The maximum atomic E-state index is 12.6. The van der Waals surface area contributed by atoms with Crippen molar-refractivity contribution in [3.8, 4) is 0 Å². The fourth-order valence-corrected chi connectivity index (χ4v) is 2.90. The summed E-state index contributed by atoms with van der Waals surface area (Å²) < 4.78 is 0. The standard InChI is InChI=1S/C17H22N4O2/c1-2-3-4-16(22)20-7-9-21(10-8-20)17(23)13-5-6-14-15(11-13)19-12-18-14/h5-6,11-12H,2-4,7-10H2,1H3,(H,18,19). The Labute approximate surface area is 135 Å². The summed E-state index contributed by atoms with van der Waals surface area (Å²) in [5.74, 6) is 0.222. The molecule has 1 aliphatic rings. The first kappa shape index (κ1) is 15.5. The zero-order valence-corrected chi connectivity index (χ0v) is 13.4. The number of aromatic amines is 1. The lowest BCUT2D eigenvalue weighted by atomic mass is 10.1. The van der Waals surface area contributed by atoms with Crippen LogP contribution in [0.15, 0.2) is 24.5 Å². The number of carbonyl (C=O) groups is 2. The minimum Gasteiger partial charge on any atom is -0.345 e. The zero-order chi connectivity index (χ0) is 16.2. The highest BCUT2D eigenvalue weighted by Crippen LogP contribution is 2.15. The van der Waals surface area contributed by atoms with Gasteiger partial charge in [0.2, 0.25) is 5.91 Å². The number of benzene rings is 1. The number of unbranched alkanes of at least 4 members (excludes halogenated alkanes) is 1. The van der Waals surface area contributed by atoms with E-state index in [0.717, 1.165) is 23.9 Å². The van der Waals surface area contributed by atoms with Gasteiger partial charge in [-0.1, -0.05) is 13.3 Å². The number of carbonyl (C=O) groups excluding carboxylic acids is 2. The van der Waals surface area contributed by atoms with Gasteiger partial charge in [-0.05, 0) is 24.6 Å². The van der Waals surface area contributed by atoms with Crippen molar-refractivity contribution in [2.24, 2.45) is 0 Å². The largest absolute Gasteiger partial charge is 0.345 e. The Balaban J connectivity index is 1.60. The number of imidazole rings is 1. The number of hydrogen-bond donors (Lipinski definition) is 1. The van der Waals surface area contributed by atoms with Gasteiger partial charge in [-0.25, -0.2) is 4.98 Å². The molecule has 6 heteroatoms. The number of rotatable bonds is 4. The molecule has 0 atom stereocenters. The Bertz CT molecular complexity index is 701. The van der Waals surface area contributed by atoms with E-state index in [2.05, 4.69) is 16.9 Å². The molecule has 1 N–H and O–H groups in total. The normalized spacial score (nSPS) is 15.2. The number of H-pyrrole nitrogens is 1. The molecule has 0 unspecified atom stereocenters. The topological polar surface area (TPSA) is 69.3 Å². The molecule has 1 aliphatic heterocycles. The van der Waals surface area contributed by atoms with Gasteiger partial charge in [-0.15, -0.1) is 0 Å². The van der Waals surface area contributed by atoms with Crippen LogP contribution in [0, 0.1) is 0 Å². The molecule has 3 rings (SSSR count). The molecule has 1 aromatic heterocycles. The van der Waals surface area contributed by atoms with Gasteiger partial charge < -0.3 is 14.8 Å². The second-order valence-corrected chi connectivity index (χ2v) is 5.91. The first-order valence-corrected chi connectivity index (χ1v) is 8.19. The quantitative estimate of drug-likeness (QED) is 0.939. The van der Waals surface area contributed by atoms with Crippen molar-refractivity contribution in [2.75, 3.05) is 26.2 Å². The second-order valence-electron chi connectivity index (χ2n) is 5.91. The number of amides is 2. The van der Waals surface area contributed by atoms with Crippen molar-refractivity contribution in [2.45, 2.75) is 26.2 Å². The number of aromatic nitrogens is 2. The van der Waals surface area contributed by atoms with E-state index in [-0.39, 0.29) is 11.8 Å². The SMILES string of the molecule is CCCCC(=O)N1CCN(C(=O)c2ccc3nc[nH]c3c2)CC1. The van der Waals surface area contributed by atoms with Crippen LogP contribution in [0.4, 0.5) is 0 Å². The molecule has 0 aliphatic carbocycles. The van der Waals surface area contributed by atoms with Gasteiger partial charge in [0.15, 0.2) is 0 Å². The smallest absolute Gasteiger partial charge is 0.254 e. The highest BCUT2D eigenvalue weighted by molar-refractivity contribution is 5.97. The van der Waals surface area contributed by atoms with Crippen LogP contribution in [0.5, 0.6) is 0 Å². The summed E-state index contributed by atoms with van der Waals surface area (Å²) in [6, 6.07) is 5.50. The maximum absolute atomic E-state index is 12.6. The fourth-order valence-electron chi connectivity index (χ4n) is 2.90. The summed E-state index contributed by atoms with van der Waals surface area (Å²) in [7, 11) is 0. The molecule has 2 amide bonds. The van der Waals surface area contributed by atoms with E-state index in [0.29, 0.717) is 38.2 Å². The van der Waals surface area contributed by atoms with E-state index in [1.807, 2.05) is 28.0 Å². The Morgan fingerprint density at radius 2 is 1.91 bits per heavy atom. The molecule has 0 saturated carbocycles. The number of piperazine rings is 1. The molecule has 1 saturated heterocycles. The summed E-state index contributed by atoms with van der Waals surface area (Å²) in [5.41, 5.74) is 2.38. The van der Waals surface area contributed by atoms with Crippen LogP contribution in [0.3, 0.4) is 0 Å². The molecular formula is C17H22N4O2. The van der Waals surface area contributed by atoms with Crippen molar-refractivity contribution in [3.63, 3.8) is 0 Å². The number of nitrogens with zero attached hydrogens (tertiary/aromatic N) is 3. The summed E-state index contributed by atoms with van der Waals surface area (Å²) >= 11 is 0. The molecule has 0 bridgehead atoms. The van der Waals surface area contributed by atoms with E-state index in [1.165, 1.54) is 0 Å². The van der Waals surface area contributed by atoms with E-state index in [4.69, 9.17) is 0 Å². The lowest BCUT2D eigenvalue weighted by Gasteiger charge is -2.35. The van der Waals surface area contributed by atoms with Gasteiger partial charge in [0.05, 0.1) is 17.4 Å². The van der Waals surface area contributed by atoms with Crippen LogP contribution in [-0.4, -0.2) is 57.8 Å². The van der Waals surface area contributed by atoms with Crippen molar-refractivity contribution >= 4 is 22.8 Å².